The zero-order valence-corrected chi connectivity index (χ0v) is 9.83. The minimum absolute atomic E-state index is 0.00907. The third kappa shape index (κ3) is 2.50. The molecule has 0 bridgehead atoms. The molecule has 1 unspecified atom stereocenters. The Balaban J connectivity index is 2.06. The van der Waals surface area contributed by atoms with Crippen molar-refractivity contribution in [2.45, 2.75) is 45.1 Å². The molecule has 86 valence electrons. The number of carbonyl (C=O) groups is 1. The molecule has 2 heteroatoms. The summed E-state index contributed by atoms with van der Waals surface area (Å²) in [5.41, 5.74) is 10.2. The van der Waals surface area contributed by atoms with Gasteiger partial charge in [0, 0.05) is 12.5 Å². The Kier molecular flexibility index (Phi) is 3.39. The molecule has 16 heavy (non-hydrogen) atoms. The Morgan fingerprint density at radius 2 is 2.12 bits per heavy atom. The van der Waals surface area contributed by atoms with Crippen molar-refractivity contribution >= 4 is 5.78 Å². The lowest BCUT2D eigenvalue weighted by atomic mass is 9.98. The number of hydrogen-bond acceptors (Lipinski definition) is 2. The zero-order chi connectivity index (χ0) is 11.5. The van der Waals surface area contributed by atoms with Gasteiger partial charge in [0.2, 0.25) is 0 Å². The number of fused-ring (bicyclic) bond motifs is 1. The highest BCUT2D eigenvalue weighted by Gasteiger charge is 2.13. The van der Waals surface area contributed by atoms with E-state index < -0.39 is 0 Å². The Labute approximate surface area is 96.8 Å². The van der Waals surface area contributed by atoms with Crippen LogP contribution >= 0.6 is 0 Å². The van der Waals surface area contributed by atoms with Crippen LogP contribution in [0, 0.1) is 0 Å². The van der Waals surface area contributed by atoms with E-state index in [0.29, 0.717) is 6.42 Å². The van der Waals surface area contributed by atoms with Gasteiger partial charge in [-0.3, -0.25) is 0 Å². The fourth-order valence-corrected chi connectivity index (χ4v) is 2.35. The normalized spacial score (nSPS) is 15.9. The molecular formula is C14H19NO. The molecule has 0 spiro atoms. The van der Waals surface area contributed by atoms with Crippen LogP contribution in [-0.4, -0.2) is 5.78 Å². The maximum absolute atomic E-state index is 10.9. The second kappa shape index (κ2) is 4.79. The third-order valence-electron chi connectivity index (χ3n) is 3.36. The second-order valence-corrected chi connectivity index (χ2v) is 4.73. The summed E-state index contributed by atoms with van der Waals surface area (Å²) in [5, 5.41) is 0. The van der Waals surface area contributed by atoms with Gasteiger partial charge in [0.05, 0.1) is 0 Å². The van der Waals surface area contributed by atoms with Crippen molar-refractivity contribution < 1.29 is 4.79 Å². The summed E-state index contributed by atoms with van der Waals surface area (Å²) in [6.45, 7) is 1.62. The number of nitrogens with two attached hydrogens (primary N) is 1. The number of benzene rings is 1. The summed E-state index contributed by atoms with van der Waals surface area (Å²) in [5.74, 6) is 0.219. The molecule has 1 aromatic carbocycles. The van der Waals surface area contributed by atoms with Crippen molar-refractivity contribution in [1.29, 1.82) is 0 Å². The zero-order valence-electron chi connectivity index (χ0n) is 9.83. The standard InChI is InChI=1S/C14H19NO/c1-10(16)5-8-14(15)13-7-6-11-3-2-4-12(11)9-13/h6-7,9,14H,2-5,8,15H2,1H3. The van der Waals surface area contributed by atoms with Crippen molar-refractivity contribution in [3.05, 3.63) is 34.9 Å². The number of ketones is 1. The Bertz CT molecular complexity index is 398. The number of hydrogen-bond donors (Lipinski definition) is 1. The Hall–Kier alpha value is -1.15. The maximum Gasteiger partial charge on any atom is 0.129 e. The van der Waals surface area contributed by atoms with Crippen LogP contribution in [0.25, 0.3) is 0 Å². The van der Waals surface area contributed by atoms with Gasteiger partial charge < -0.3 is 10.5 Å². The van der Waals surface area contributed by atoms with E-state index in [0.717, 1.165) is 6.42 Å². The van der Waals surface area contributed by atoms with Gasteiger partial charge in [-0.25, -0.2) is 0 Å². The van der Waals surface area contributed by atoms with Crippen LogP contribution < -0.4 is 5.73 Å². The molecule has 1 aromatic rings. The molecule has 0 aromatic heterocycles. The van der Waals surface area contributed by atoms with Crippen molar-refractivity contribution in [1.82, 2.24) is 0 Å². The van der Waals surface area contributed by atoms with Gasteiger partial charge in [-0.1, -0.05) is 18.2 Å². The largest absolute Gasteiger partial charge is 0.324 e. The van der Waals surface area contributed by atoms with Gasteiger partial charge in [0.25, 0.3) is 0 Å². The molecule has 1 aliphatic rings. The van der Waals surface area contributed by atoms with E-state index in [1.54, 1.807) is 6.92 Å². The molecule has 0 amide bonds. The second-order valence-electron chi connectivity index (χ2n) is 4.73. The minimum atomic E-state index is 0.00907. The lowest BCUT2D eigenvalue weighted by Crippen LogP contribution is -2.12. The van der Waals surface area contributed by atoms with E-state index in [4.69, 9.17) is 5.73 Å². The molecule has 0 heterocycles. The van der Waals surface area contributed by atoms with Crippen LogP contribution in [0.4, 0.5) is 0 Å². The fourth-order valence-electron chi connectivity index (χ4n) is 2.35. The summed E-state index contributed by atoms with van der Waals surface area (Å²) in [7, 11) is 0. The molecule has 2 rings (SSSR count). The summed E-state index contributed by atoms with van der Waals surface area (Å²) < 4.78 is 0. The highest BCUT2D eigenvalue weighted by molar-refractivity contribution is 5.75. The SMILES string of the molecule is CC(=O)CCC(N)c1ccc2c(c1)CCC2. The molecule has 0 saturated heterocycles. The topological polar surface area (TPSA) is 43.1 Å². The van der Waals surface area contributed by atoms with Crippen molar-refractivity contribution in [3.63, 3.8) is 0 Å². The quantitative estimate of drug-likeness (QED) is 0.842. The van der Waals surface area contributed by atoms with Crippen LogP contribution in [-0.2, 0) is 17.6 Å². The molecule has 1 aliphatic carbocycles. The van der Waals surface area contributed by atoms with Gasteiger partial charge in [-0.15, -0.1) is 0 Å². The van der Waals surface area contributed by atoms with E-state index in [1.165, 1.54) is 36.0 Å². The van der Waals surface area contributed by atoms with E-state index in [-0.39, 0.29) is 11.8 Å². The number of Topliss-reactive ketones (excluding diaryl/α,β-unsaturated/α-hetero) is 1. The van der Waals surface area contributed by atoms with Gasteiger partial charge in [0.15, 0.2) is 0 Å². The van der Waals surface area contributed by atoms with Gasteiger partial charge >= 0.3 is 0 Å². The molecule has 0 radical (unpaired) electrons. The predicted molar refractivity (Wildman–Crippen MR) is 65.3 cm³/mol. The van der Waals surface area contributed by atoms with Crippen LogP contribution in [0.2, 0.25) is 0 Å². The first kappa shape index (κ1) is 11.3. The molecule has 0 aliphatic heterocycles. The first-order chi connectivity index (χ1) is 7.66. The van der Waals surface area contributed by atoms with E-state index >= 15 is 0 Å². The molecule has 1 atom stereocenters. The number of carbonyl (C=O) groups excluding carboxylic acids is 1. The van der Waals surface area contributed by atoms with E-state index in [9.17, 15) is 4.79 Å². The van der Waals surface area contributed by atoms with Crippen molar-refractivity contribution in [3.8, 4) is 0 Å². The molecule has 0 fully saturated rings. The van der Waals surface area contributed by atoms with E-state index in [1.807, 2.05) is 0 Å². The van der Waals surface area contributed by atoms with Crippen molar-refractivity contribution in [2.24, 2.45) is 5.73 Å². The average molecular weight is 217 g/mol. The fraction of sp³-hybridized carbons (Fsp3) is 0.500. The number of rotatable bonds is 4. The van der Waals surface area contributed by atoms with E-state index in [2.05, 4.69) is 18.2 Å². The first-order valence-corrected chi connectivity index (χ1v) is 6.03. The predicted octanol–water partition coefficient (Wildman–Crippen LogP) is 2.54. The maximum atomic E-state index is 10.9. The minimum Gasteiger partial charge on any atom is -0.324 e. The number of aryl methyl sites for hydroxylation is 2. The third-order valence-corrected chi connectivity index (χ3v) is 3.36. The average Bonchev–Trinajstić information content (AvgIpc) is 2.72. The highest BCUT2D eigenvalue weighted by atomic mass is 16.1. The van der Waals surface area contributed by atoms with Crippen molar-refractivity contribution in [2.75, 3.05) is 0 Å². The molecule has 2 nitrogen and oxygen atoms in total. The smallest absolute Gasteiger partial charge is 0.129 e. The van der Waals surface area contributed by atoms with Crippen LogP contribution in [0.15, 0.2) is 18.2 Å². The summed E-state index contributed by atoms with van der Waals surface area (Å²) >= 11 is 0. The molecular weight excluding hydrogens is 198 g/mol. The van der Waals surface area contributed by atoms with Gasteiger partial charge in [-0.2, -0.15) is 0 Å². The summed E-state index contributed by atoms with van der Waals surface area (Å²) in [6.07, 6.45) is 4.99. The van der Waals surface area contributed by atoms with Gasteiger partial charge in [0.1, 0.15) is 5.78 Å². The first-order valence-electron chi connectivity index (χ1n) is 6.03. The molecule has 2 N–H and O–H groups in total. The Morgan fingerprint density at radius 1 is 1.38 bits per heavy atom. The monoisotopic (exact) mass is 217 g/mol. The molecule has 0 saturated carbocycles. The Morgan fingerprint density at radius 3 is 2.88 bits per heavy atom. The lowest BCUT2D eigenvalue weighted by molar-refractivity contribution is -0.117. The van der Waals surface area contributed by atoms with Crippen LogP contribution in [0.3, 0.4) is 0 Å². The van der Waals surface area contributed by atoms with Gasteiger partial charge in [-0.05, 0) is 49.3 Å². The summed E-state index contributed by atoms with van der Waals surface area (Å²) in [4.78, 5) is 10.9. The lowest BCUT2D eigenvalue weighted by Gasteiger charge is -2.12. The van der Waals surface area contributed by atoms with Crippen LogP contribution in [0.1, 0.15) is 48.9 Å². The highest BCUT2D eigenvalue weighted by Crippen LogP contribution is 2.26. The van der Waals surface area contributed by atoms with Crippen LogP contribution in [0.5, 0.6) is 0 Å². The summed E-state index contributed by atoms with van der Waals surface area (Å²) in [6, 6.07) is 6.56.